The highest BCUT2D eigenvalue weighted by Crippen LogP contribution is 2.45. The lowest BCUT2D eigenvalue weighted by Gasteiger charge is -2.24. The topological polar surface area (TPSA) is 281 Å². The summed E-state index contributed by atoms with van der Waals surface area (Å²) in [5.41, 5.74) is 0.213. The number of hydrogen-bond donors (Lipinski definition) is 5. The quantitative estimate of drug-likeness (QED) is 0.0330. The van der Waals surface area contributed by atoms with Gasteiger partial charge in [0.15, 0.2) is 23.1 Å². The molecule has 2 aromatic heterocycles. The Hall–Kier alpha value is -7.04. The summed E-state index contributed by atoms with van der Waals surface area (Å²) in [6.45, 7) is 5.75. The Labute approximate surface area is 385 Å². The number of aromatic hydroxyl groups is 2. The zero-order valence-electron chi connectivity index (χ0n) is 37.1. The molecule has 5 N–H and O–H groups in total. The van der Waals surface area contributed by atoms with Crippen molar-refractivity contribution in [1.29, 1.82) is 0 Å². The van der Waals surface area contributed by atoms with Gasteiger partial charge in [-0.15, -0.1) is 20.5 Å². The van der Waals surface area contributed by atoms with E-state index in [1.165, 1.54) is 28.1 Å². The number of aliphatic hydroxyl groups is 1. The van der Waals surface area contributed by atoms with Gasteiger partial charge >= 0.3 is 0 Å². The summed E-state index contributed by atoms with van der Waals surface area (Å²) in [7, 11) is -6.48. The summed E-state index contributed by atoms with van der Waals surface area (Å²) in [5.74, 6) is -3.52. The van der Waals surface area contributed by atoms with Crippen LogP contribution in [0.15, 0.2) is 121 Å². The summed E-state index contributed by atoms with van der Waals surface area (Å²) in [6, 6.07) is 26.4. The predicted octanol–water partition coefficient (Wildman–Crippen LogP) is 7.96. The molecule has 2 heterocycles. The van der Waals surface area contributed by atoms with Crippen molar-refractivity contribution in [3.8, 4) is 23.3 Å². The van der Waals surface area contributed by atoms with Gasteiger partial charge in [0.25, 0.3) is 31.4 Å². The summed E-state index contributed by atoms with van der Waals surface area (Å²) in [6.07, 6.45) is -1.35. The van der Waals surface area contributed by atoms with Crippen molar-refractivity contribution in [3.05, 3.63) is 162 Å². The molecule has 4 aromatic carbocycles. The van der Waals surface area contributed by atoms with Crippen LogP contribution in [-0.4, -0.2) is 64.6 Å². The molecule has 19 nitrogen and oxygen atoms in total. The molecule has 2 atom stereocenters. The Kier molecular flexibility index (Phi) is 14.9. The number of pyridine rings is 2. The van der Waals surface area contributed by atoms with E-state index in [0.717, 1.165) is 14.7 Å². The van der Waals surface area contributed by atoms with E-state index < -0.39 is 66.6 Å². The first-order chi connectivity index (χ1) is 31.7. The molecule has 6 aromatic rings. The number of hydrogen-bond acceptors (Lipinski definition) is 15. The van der Waals surface area contributed by atoms with E-state index in [-0.39, 0.29) is 75.2 Å². The summed E-state index contributed by atoms with van der Waals surface area (Å²) in [4.78, 5) is 27.0. The van der Waals surface area contributed by atoms with Crippen LogP contribution in [0.3, 0.4) is 0 Å². The van der Waals surface area contributed by atoms with E-state index in [9.17, 15) is 50.8 Å². The Morgan fingerprint density at radius 2 is 1.03 bits per heavy atom. The highest BCUT2D eigenvalue weighted by molar-refractivity contribution is 7.85. The highest BCUT2D eigenvalue weighted by Gasteiger charge is 2.28. The largest absolute Gasteiger partial charge is 0.494 e. The van der Waals surface area contributed by atoms with E-state index in [1.54, 1.807) is 74.5 Å². The van der Waals surface area contributed by atoms with Crippen molar-refractivity contribution in [2.24, 2.45) is 20.5 Å². The van der Waals surface area contributed by atoms with Crippen molar-refractivity contribution in [2.45, 2.75) is 64.3 Å². The van der Waals surface area contributed by atoms with Gasteiger partial charge in [-0.25, -0.2) is 0 Å². The van der Waals surface area contributed by atoms with E-state index in [0.29, 0.717) is 16.7 Å². The van der Waals surface area contributed by atoms with Crippen molar-refractivity contribution < 1.29 is 50.7 Å². The third-order valence-corrected chi connectivity index (χ3v) is 12.4. The molecule has 352 valence electrons. The van der Waals surface area contributed by atoms with Crippen molar-refractivity contribution in [3.63, 3.8) is 0 Å². The highest BCUT2D eigenvalue weighted by atomic mass is 32.2. The molecular formula is C46H48N6O13S2. The molecule has 0 bridgehead atoms. The first-order valence-electron chi connectivity index (χ1n) is 20.5. The van der Waals surface area contributed by atoms with Crippen molar-refractivity contribution >= 4 is 43.0 Å². The molecule has 0 aliphatic rings. The lowest BCUT2D eigenvalue weighted by Crippen LogP contribution is -2.22. The van der Waals surface area contributed by atoms with Crippen LogP contribution in [-0.2, 0) is 44.8 Å². The number of aromatic nitrogens is 2. The maximum absolute atomic E-state index is 13.6. The van der Waals surface area contributed by atoms with Gasteiger partial charge in [0.1, 0.15) is 40.5 Å². The smallest absolute Gasteiger partial charge is 0.281 e. The first-order valence-corrected chi connectivity index (χ1v) is 23.8. The van der Waals surface area contributed by atoms with Crippen molar-refractivity contribution in [1.82, 2.24) is 9.13 Å². The Balaban J connectivity index is 1.54. The molecule has 0 amide bonds. The summed E-state index contributed by atoms with van der Waals surface area (Å²) < 4.78 is 80.3. The summed E-state index contributed by atoms with van der Waals surface area (Å²) in [5, 5.41) is 50.8. The Bertz CT molecular complexity index is 3250. The second-order valence-electron chi connectivity index (χ2n) is 15.3. The predicted molar refractivity (Wildman–Crippen MR) is 248 cm³/mol. The fraction of sp³-hybridized carbons (Fsp3) is 0.261. The van der Waals surface area contributed by atoms with Gasteiger partial charge in [0, 0.05) is 35.7 Å². The van der Waals surface area contributed by atoms with E-state index >= 15 is 0 Å². The van der Waals surface area contributed by atoms with E-state index in [2.05, 4.69) is 20.5 Å². The number of aliphatic hydroxyl groups excluding tert-OH is 1. The van der Waals surface area contributed by atoms with Crippen LogP contribution in [0.2, 0.25) is 0 Å². The fourth-order valence-corrected chi connectivity index (χ4v) is 9.16. The van der Waals surface area contributed by atoms with Crippen LogP contribution in [0.1, 0.15) is 75.9 Å². The third-order valence-electron chi connectivity index (χ3n) is 11.1. The van der Waals surface area contributed by atoms with E-state index in [4.69, 9.17) is 9.47 Å². The maximum Gasteiger partial charge on any atom is 0.281 e. The lowest BCUT2D eigenvalue weighted by molar-refractivity contribution is 0.220. The molecule has 0 aliphatic carbocycles. The molecule has 2 unspecified atom stereocenters. The minimum atomic E-state index is -4.66. The van der Waals surface area contributed by atoms with Crippen molar-refractivity contribution in [2.75, 3.05) is 14.2 Å². The van der Waals surface area contributed by atoms with Gasteiger partial charge in [-0.05, 0) is 85.3 Å². The summed E-state index contributed by atoms with van der Waals surface area (Å²) >= 11 is 0. The molecule has 0 fully saturated rings. The molecule has 0 saturated heterocycles. The molecule has 67 heavy (non-hydrogen) atoms. The minimum absolute atomic E-state index is 0.00288. The monoisotopic (exact) mass is 956 g/mol. The second kappa shape index (κ2) is 20.2. The van der Waals surface area contributed by atoms with Crippen LogP contribution >= 0.6 is 0 Å². The zero-order chi connectivity index (χ0) is 49.0. The third kappa shape index (κ3) is 10.7. The number of rotatable bonds is 17. The van der Waals surface area contributed by atoms with Crippen LogP contribution in [0, 0.1) is 13.8 Å². The number of azo groups is 2. The van der Waals surface area contributed by atoms with Crippen LogP contribution in [0.4, 0.5) is 22.7 Å². The fourth-order valence-electron chi connectivity index (χ4n) is 7.74. The van der Waals surface area contributed by atoms with Gasteiger partial charge in [0.05, 0.1) is 14.2 Å². The van der Waals surface area contributed by atoms with Gasteiger partial charge in [-0.1, -0.05) is 66.7 Å². The average Bonchev–Trinajstić information content (AvgIpc) is 3.29. The number of nitrogens with zero attached hydrogens (tertiary/aromatic N) is 6. The zero-order valence-corrected chi connectivity index (χ0v) is 38.8. The molecule has 0 aliphatic heterocycles. The minimum Gasteiger partial charge on any atom is -0.494 e. The molecule has 21 heteroatoms. The molecule has 0 radical (unpaired) electrons. The van der Waals surface area contributed by atoms with Gasteiger partial charge in [0.2, 0.25) is 0 Å². The number of methoxy groups -OCH3 is 2. The lowest BCUT2D eigenvalue weighted by atomic mass is 9.83. The first kappa shape index (κ1) is 49.4. The average molecular weight is 957 g/mol. The van der Waals surface area contributed by atoms with Gasteiger partial charge in [-0.2, -0.15) is 16.8 Å². The van der Waals surface area contributed by atoms with Crippen LogP contribution < -0.4 is 20.6 Å². The molecular weight excluding hydrogens is 909 g/mol. The molecule has 6 rings (SSSR count). The normalized spacial score (nSPS) is 13.0. The Morgan fingerprint density at radius 3 is 1.49 bits per heavy atom. The standard InChI is InChI=1S/C46H48N6O13S2/c1-7-51-43(54)33(24-66(58,59)60)26(3)39(45(51)56)48-47-35-20-19-30(22-36(35)64-5)38(28-15-11-9-12-16-28)31-21-32(42(53)29-17-13-10-14-18-29)41(37(23-31)65-6)50-49-40-27(4)34(25-67(61,62)63)44(55)52(8-2)46(40)57/h9-23,38,42,53-55H,7-8,24-25H2,1-6H3,(H,58,59,60)(H,61,62,63). The molecule has 0 spiro atoms. The van der Waals surface area contributed by atoms with Gasteiger partial charge in [-0.3, -0.25) is 27.8 Å². The second-order valence-corrected chi connectivity index (χ2v) is 18.2. The van der Waals surface area contributed by atoms with E-state index in [1.807, 2.05) is 30.3 Å². The number of ether oxygens (including phenoxy) is 2. The molecule has 0 saturated carbocycles. The SMILES string of the molecule is CCn1c(O)c(CS(=O)(=O)O)c(C)c(N=Nc2ccc(C(c3ccccc3)c3cc(OC)c(N=Nc4c(C)c(CS(=O)(=O)O)c(O)n(CC)c4=O)c(C(O)c4ccccc4)c3)cc2OC)c1=O. The van der Waals surface area contributed by atoms with Crippen LogP contribution in [0.5, 0.6) is 23.3 Å². The van der Waals surface area contributed by atoms with Crippen LogP contribution in [0.25, 0.3) is 0 Å². The van der Waals surface area contributed by atoms with Gasteiger partial charge < -0.3 is 24.8 Å². The number of benzene rings is 4. The maximum atomic E-state index is 13.6. The Morgan fingerprint density at radius 1 is 0.582 bits per heavy atom.